The average molecular weight is 369 g/mol. The summed E-state index contributed by atoms with van der Waals surface area (Å²) in [4.78, 5) is 11.6. The van der Waals surface area contributed by atoms with Crippen LogP contribution in [0.25, 0.3) is 0 Å². The van der Waals surface area contributed by atoms with Gasteiger partial charge in [-0.2, -0.15) is 0 Å². The molecular weight excluding hydrogens is 352 g/mol. The lowest BCUT2D eigenvalue weighted by molar-refractivity contribution is -0.148. The zero-order valence-electron chi connectivity index (χ0n) is 10.9. The largest absolute Gasteiger partial charge is 0.462 e. The van der Waals surface area contributed by atoms with Gasteiger partial charge in [0.25, 0.3) is 7.65 Å². The van der Waals surface area contributed by atoms with Gasteiger partial charge >= 0.3 is 5.97 Å². The number of esters is 1. The molecule has 0 radical (unpaired) electrons. The lowest BCUT2D eigenvalue weighted by Gasteiger charge is -2.18. The van der Waals surface area contributed by atoms with Crippen molar-refractivity contribution in [3.63, 3.8) is 0 Å². The minimum Gasteiger partial charge on any atom is -0.462 e. The van der Waals surface area contributed by atoms with E-state index in [0.717, 1.165) is 4.47 Å². The molecule has 1 aromatic rings. The fourth-order valence-electron chi connectivity index (χ4n) is 1.15. The van der Waals surface area contributed by atoms with Crippen LogP contribution >= 0.6 is 34.8 Å². The molecule has 0 aliphatic carbocycles. The molecule has 0 aromatic heterocycles. The van der Waals surface area contributed by atoms with Gasteiger partial charge in [-0.1, -0.05) is 15.9 Å². The number of ether oxygens (including phenoxy) is 1. The van der Waals surface area contributed by atoms with E-state index in [2.05, 4.69) is 21.0 Å². The van der Waals surface area contributed by atoms with E-state index in [1.807, 2.05) is 12.1 Å². The van der Waals surface area contributed by atoms with Gasteiger partial charge in [-0.05, 0) is 56.3 Å². The van der Waals surface area contributed by atoms with Gasteiger partial charge in [0.2, 0.25) is 0 Å². The first-order chi connectivity index (χ1) is 8.88. The highest BCUT2D eigenvalue weighted by atomic mass is 79.9. The minimum atomic E-state index is -1.46. The molecule has 0 bridgehead atoms. The van der Waals surface area contributed by atoms with Crippen LogP contribution in [0.2, 0.25) is 0 Å². The van der Waals surface area contributed by atoms with Crippen LogP contribution in [0.3, 0.4) is 0 Å². The number of carbonyl (C=O) groups is 1. The van der Waals surface area contributed by atoms with Crippen molar-refractivity contribution in [2.75, 3.05) is 0 Å². The zero-order chi connectivity index (χ0) is 14.4. The summed E-state index contributed by atoms with van der Waals surface area (Å²) >= 11 is 9.38. The topological polar surface area (TPSA) is 47.6 Å². The quantitative estimate of drug-likeness (QED) is 0.603. The van der Waals surface area contributed by atoms with Crippen LogP contribution in [0.15, 0.2) is 28.7 Å². The summed E-state index contributed by atoms with van der Waals surface area (Å²) in [5.74, 6) is 0.295. The normalized spacial score (nSPS) is 14.0. The van der Waals surface area contributed by atoms with E-state index in [-0.39, 0.29) is 12.1 Å². The maximum absolute atomic E-state index is 11.6. The fourth-order valence-corrected chi connectivity index (χ4v) is 2.87. The first-order valence-corrected chi connectivity index (χ1v) is 8.70. The average Bonchev–Trinajstić information content (AvgIpc) is 2.31. The van der Waals surface area contributed by atoms with Gasteiger partial charge < -0.3 is 9.26 Å². The van der Waals surface area contributed by atoms with Crippen molar-refractivity contribution < 1.29 is 14.1 Å². The van der Waals surface area contributed by atoms with Crippen molar-refractivity contribution in [3.8, 4) is 5.75 Å². The van der Waals surface area contributed by atoms with Crippen molar-refractivity contribution in [2.45, 2.75) is 32.9 Å². The summed E-state index contributed by atoms with van der Waals surface area (Å²) < 4.78 is 11.5. The standard InChI is InChI=1S/C12H16BrClNO3P/c1-8(2)17-12(16)9(3)15-19(14)18-11-6-4-10(13)5-7-11/h4-9,15H,1-3H3. The molecule has 0 saturated heterocycles. The van der Waals surface area contributed by atoms with Gasteiger partial charge in [0.15, 0.2) is 0 Å². The minimum absolute atomic E-state index is 0.148. The van der Waals surface area contributed by atoms with Crippen LogP contribution in [0.1, 0.15) is 20.8 Å². The molecule has 1 rings (SSSR count). The highest BCUT2D eigenvalue weighted by Gasteiger charge is 2.20. The Morgan fingerprint density at radius 1 is 1.32 bits per heavy atom. The molecule has 1 aromatic carbocycles. The van der Waals surface area contributed by atoms with E-state index >= 15 is 0 Å². The van der Waals surface area contributed by atoms with Gasteiger partial charge in [0.1, 0.15) is 11.8 Å². The van der Waals surface area contributed by atoms with Gasteiger partial charge in [-0.25, -0.2) is 5.09 Å². The Bertz CT molecular complexity index is 416. The van der Waals surface area contributed by atoms with E-state index in [4.69, 9.17) is 20.5 Å². The third-order valence-electron chi connectivity index (χ3n) is 2.00. The molecule has 2 atom stereocenters. The van der Waals surface area contributed by atoms with Crippen LogP contribution < -0.4 is 9.61 Å². The molecule has 1 N–H and O–H groups in total. The Morgan fingerprint density at radius 3 is 2.42 bits per heavy atom. The summed E-state index contributed by atoms with van der Waals surface area (Å²) in [5, 5.41) is 2.87. The molecule has 0 aliphatic heterocycles. The van der Waals surface area contributed by atoms with E-state index in [9.17, 15) is 4.79 Å². The number of nitrogens with one attached hydrogen (secondary N) is 1. The molecule has 0 spiro atoms. The number of carbonyl (C=O) groups excluding carboxylic acids is 1. The van der Waals surface area contributed by atoms with Crippen LogP contribution in [0.5, 0.6) is 5.75 Å². The lowest BCUT2D eigenvalue weighted by Crippen LogP contribution is -2.33. The summed E-state index contributed by atoms with van der Waals surface area (Å²) in [6.07, 6.45) is -0.148. The van der Waals surface area contributed by atoms with E-state index in [1.54, 1.807) is 32.9 Å². The number of hydrogen-bond donors (Lipinski definition) is 1. The second kappa shape index (κ2) is 8.05. The van der Waals surface area contributed by atoms with Gasteiger partial charge in [-0.15, -0.1) is 0 Å². The van der Waals surface area contributed by atoms with Crippen LogP contribution in [0, 0.1) is 0 Å². The Morgan fingerprint density at radius 2 is 1.89 bits per heavy atom. The van der Waals surface area contributed by atoms with E-state index in [1.165, 1.54) is 0 Å². The number of halogens is 2. The zero-order valence-corrected chi connectivity index (χ0v) is 14.1. The molecule has 7 heteroatoms. The van der Waals surface area contributed by atoms with E-state index in [0.29, 0.717) is 5.75 Å². The Labute approximate surface area is 127 Å². The SMILES string of the molecule is CC(C)OC(=O)C(C)NP(Cl)Oc1ccc(Br)cc1. The maximum Gasteiger partial charge on any atom is 0.323 e. The van der Waals surface area contributed by atoms with Gasteiger partial charge in [-0.3, -0.25) is 4.79 Å². The molecule has 19 heavy (non-hydrogen) atoms. The number of rotatable bonds is 6. The van der Waals surface area contributed by atoms with Gasteiger partial charge in [0, 0.05) is 4.47 Å². The second-order valence-electron chi connectivity index (χ2n) is 4.13. The maximum atomic E-state index is 11.6. The number of hydrogen-bond acceptors (Lipinski definition) is 4. The summed E-state index contributed by atoms with van der Waals surface area (Å²) in [6, 6.07) is 6.78. The van der Waals surface area contributed by atoms with Crippen molar-refractivity contribution in [3.05, 3.63) is 28.7 Å². The van der Waals surface area contributed by atoms with Crippen LogP contribution in [0.4, 0.5) is 0 Å². The molecule has 0 fully saturated rings. The predicted octanol–water partition coefficient (Wildman–Crippen LogP) is 4.22. The summed E-state index contributed by atoms with van der Waals surface area (Å²) in [6.45, 7) is 5.28. The van der Waals surface area contributed by atoms with Crippen molar-refractivity contribution in [1.29, 1.82) is 0 Å². The van der Waals surface area contributed by atoms with Gasteiger partial charge in [0.05, 0.1) is 6.10 Å². The van der Waals surface area contributed by atoms with Crippen molar-refractivity contribution >= 4 is 40.8 Å². The molecule has 106 valence electrons. The smallest absolute Gasteiger partial charge is 0.323 e. The molecule has 0 aliphatic rings. The molecule has 0 amide bonds. The van der Waals surface area contributed by atoms with Crippen LogP contribution in [-0.2, 0) is 9.53 Å². The lowest BCUT2D eigenvalue weighted by atomic mass is 10.3. The predicted molar refractivity (Wildman–Crippen MR) is 81.4 cm³/mol. The molecule has 0 heterocycles. The Balaban J connectivity index is 2.44. The number of benzene rings is 1. The molecule has 2 unspecified atom stereocenters. The van der Waals surface area contributed by atoms with Crippen LogP contribution in [-0.4, -0.2) is 18.1 Å². The fraction of sp³-hybridized carbons (Fsp3) is 0.417. The second-order valence-corrected chi connectivity index (χ2v) is 6.89. The Hall–Kier alpha value is -0.350. The Kier molecular flexibility index (Phi) is 7.08. The first kappa shape index (κ1) is 16.7. The molecular formula is C12H16BrClNO3P. The first-order valence-electron chi connectivity index (χ1n) is 5.74. The molecule has 4 nitrogen and oxygen atoms in total. The third-order valence-corrected chi connectivity index (χ3v) is 3.99. The summed E-state index contributed by atoms with van der Waals surface area (Å²) in [5.41, 5.74) is 0. The molecule has 0 saturated carbocycles. The summed E-state index contributed by atoms with van der Waals surface area (Å²) in [7, 11) is -1.46. The van der Waals surface area contributed by atoms with Crippen molar-refractivity contribution in [2.24, 2.45) is 0 Å². The highest BCUT2D eigenvalue weighted by molar-refractivity contribution is 9.10. The monoisotopic (exact) mass is 367 g/mol. The van der Waals surface area contributed by atoms with Crippen molar-refractivity contribution in [1.82, 2.24) is 5.09 Å². The van der Waals surface area contributed by atoms with E-state index < -0.39 is 13.7 Å². The highest BCUT2D eigenvalue weighted by Crippen LogP contribution is 2.39. The third kappa shape index (κ3) is 6.57.